The lowest BCUT2D eigenvalue weighted by Crippen LogP contribution is -2.36. The van der Waals surface area contributed by atoms with Gasteiger partial charge in [-0.05, 0) is 73.5 Å². The average Bonchev–Trinajstić information content (AvgIpc) is 3.05. The van der Waals surface area contributed by atoms with Gasteiger partial charge in [-0.15, -0.1) is 0 Å². The van der Waals surface area contributed by atoms with Gasteiger partial charge in [0.05, 0.1) is 21.5 Å². The third-order valence-electron chi connectivity index (χ3n) is 5.01. The number of amides is 2. The fourth-order valence-corrected chi connectivity index (χ4v) is 4.34. The fourth-order valence-electron chi connectivity index (χ4n) is 3.14. The highest BCUT2D eigenvalue weighted by atomic mass is 35.5. The molecule has 1 atom stereocenters. The van der Waals surface area contributed by atoms with Crippen LogP contribution in [0.3, 0.4) is 0 Å². The summed E-state index contributed by atoms with van der Waals surface area (Å²) in [5.41, 5.74) is 1.32. The number of ether oxygens (including phenoxy) is 2. The van der Waals surface area contributed by atoms with Crippen molar-refractivity contribution in [2.24, 2.45) is 0 Å². The molecule has 1 heterocycles. The molecule has 0 saturated carbocycles. The Morgan fingerprint density at radius 2 is 1.88 bits per heavy atom. The van der Waals surface area contributed by atoms with Crippen molar-refractivity contribution in [3.8, 4) is 11.5 Å². The van der Waals surface area contributed by atoms with Crippen molar-refractivity contribution in [3.05, 3.63) is 67.6 Å². The second-order valence-electron chi connectivity index (χ2n) is 7.28. The standard InChI is InChI=1S/C23H23ClN2O6S/c1-4-14(3)25-22(27)20(33-23(25)28)12-16-10-18(24)21(19(11-16)31-5-2)32-13-15-6-8-17(9-7-15)26(29)30/h6-12,14H,4-5,13H2,1-3H3/b20-12+/t14-/m0/s1. The molecule has 2 aromatic carbocycles. The van der Waals surface area contributed by atoms with Gasteiger partial charge >= 0.3 is 0 Å². The highest BCUT2D eigenvalue weighted by molar-refractivity contribution is 8.18. The molecule has 1 fully saturated rings. The zero-order chi connectivity index (χ0) is 24.1. The number of thioether (sulfide) groups is 1. The number of nitro groups is 1. The SMILES string of the molecule is CCOc1cc(/C=C2/SC(=O)N([C@@H](C)CC)C2=O)cc(Cl)c1OCc1ccc([N+](=O)[O-])cc1. The zero-order valence-electron chi connectivity index (χ0n) is 18.4. The van der Waals surface area contributed by atoms with Crippen LogP contribution in [0.4, 0.5) is 10.5 Å². The molecule has 0 bridgehead atoms. The smallest absolute Gasteiger partial charge is 0.293 e. The summed E-state index contributed by atoms with van der Waals surface area (Å²) in [6, 6.07) is 9.16. The number of hydrogen-bond acceptors (Lipinski definition) is 7. The molecule has 33 heavy (non-hydrogen) atoms. The molecule has 2 amide bonds. The van der Waals surface area contributed by atoms with Gasteiger partial charge in [-0.25, -0.2) is 0 Å². The Morgan fingerprint density at radius 3 is 2.48 bits per heavy atom. The molecule has 0 unspecified atom stereocenters. The minimum absolute atomic E-state index is 0.00566. The van der Waals surface area contributed by atoms with Crippen molar-refractivity contribution in [3.63, 3.8) is 0 Å². The number of halogens is 1. The molecule has 0 spiro atoms. The second-order valence-corrected chi connectivity index (χ2v) is 8.68. The maximum Gasteiger partial charge on any atom is 0.293 e. The lowest BCUT2D eigenvalue weighted by molar-refractivity contribution is -0.384. The first-order valence-electron chi connectivity index (χ1n) is 10.3. The van der Waals surface area contributed by atoms with Gasteiger partial charge in [-0.1, -0.05) is 18.5 Å². The number of benzene rings is 2. The molecule has 174 valence electrons. The zero-order valence-corrected chi connectivity index (χ0v) is 19.9. The number of imide groups is 1. The van der Waals surface area contributed by atoms with Crippen LogP contribution in [0.5, 0.6) is 11.5 Å². The van der Waals surface area contributed by atoms with Crippen molar-refractivity contribution in [2.75, 3.05) is 6.61 Å². The number of nitro benzene ring substituents is 1. The van der Waals surface area contributed by atoms with E-state index in [-0.39, 0.29) is 34.5 Å². The van der Waals surface area contributed by atoms with Crippen LogP contribution < -0.4 is 9.47 Å². The van der Waals surface area contributed by atoms with E-state index in [1.54, 1.807) is 30.3 Å². The van der Waals surface area contributed by atoms with Gasteiger partial charge in [0.2, 0.25) is 0 Å². The van der Waals surface area contributed by atoms with Crippen molar-refractivity contribution >= 4 is 46.3 Å². The average molecular weight is 491 g/mol. The molecule has 3 rings (SSSR count). The Bertz CT molecular complexity index is 1100. The van der Waals surface area contributed by atoms with E-state index in [0.29, 0.717) is 35.0 Å². The first-order valence-corrected chi connectivity index (χ1v) is 11.5. The lowest BCUT2D eigenvalue weighted by atomic mass is 10.1. The summed E-state index contributed by atoms with van der Waals surface area (Å²) >= 11 is 7.36. The Kier molecular flexibility index (Phi) is 7.99. The van der Waals surface area contributed by atoms with Crippen LogP contribution >= 0.6 is 23.4 Å². The van der Waals surface area contributed by atoms with Crippen LogP contribution in [0.25, 0.3) is 6.08 Å². The van der Waals surface area contributed by atoms with E-state index < -0.39 is 4.92 Å². The predicted octanol–water partition coefficient (Wildman–Crippen LogP) is 6.06. The molecular weight excluding hydrogens is 468 g/mol. The molecule has 0 aliphatic carbocycles. The van der Waals surface area contributed by atoms with E-state index in [1.807, 2.05) is 20.8 Å². The normalized spacial score (nSPS) is 15.8. The summed E-state index contributed by atoms with van der Waals surface area (Å²) in [4.78, 5) is 36.9. The van der Waals surface area contributed by atoms with Gasteiger partial charge < -0.3 is 9.47 Å². The Labute approximate surface area is 200 Å². The minimum atomic E-state index is -0.467. The Hall–Kier alpha value is -3.04. The molecular formula is C23H23ClN2O6S. The molecule has 0 radical (unpaired) electrons. The predicted molar refractivity (Wildman–Crippen MR) is 128 cm³/mol. The topological polar surface area (TPSA) is 99.0 Å². The Balaban J connectivity index is 1.84. The summed E-state index contributed by atoms with van der Waals surface area (Å²) < 4.78 is 11.5. The molecule has 1 aliphatic rings. The van der Waals surface area contributed by atoms with Gasteiger partial charge in [-0.2, -0.15) is 0 Å². The second kappa shape index (κ2) is 10.7. The fraction of sp³-hybridized carbons (Fsp3) is 0.304. The van der Waals surface area contributed by atoms with Crippen molar-refractivity contribution in [2.45, 2.75) is 39.8 Å². The lowest BCUT2D eigenvalue weighted by Gasteiger charge is -2.19. The van der Waals surface area contributed by atoms with Crippen molar-refractivity contribution < 1.29 is 24.0 Å². The van der Waals surface area contributed by atoms with Crippen LogP contribution in [-0.2, 0) is 11.4 Å². The summed E-state index contributed by atoms with van der Waals surface area (Å²) in [5, 5.41) is 10.8. The summed E-state index contributed by atoms with van der Waals surface area (Å²) in [6.07, 6.45) is 2.29. The van der Waals surface area contributed by atoms with Gasteiger partial charge in [0.1, 0.15) is 6.61 Å². The van der Waals surface area contributed by atoms with Crippen molar-refractivity contribution in [1.82, 2.24) is 4.90 Å². The number of carbonyl (C=O) groups excluding carboxylic acids is 2. The van der Waals surface area contributed by atoms with Crippen LogP contribution in [0.15, 0.2) is 41.3 Å². The van der Waals surface area contributed by atoms with Crippen molar-refractivity contribution in [1.29, 1.82) is 0 Å². The first-order chi connectivity index (χ1) is 15.7. The van der Waals surface area contributed by atoms with Gasteiger partial charge in [-0.3, -0.25) is 24.6 Å². The van der Waals surface area contributed by atoms with E-state index >= 15 is 0 Å². The van der Waals surface area contributed by atoms with E-state index in [4.69, 9.17) is 21.1 Å². The number of hydrogen-bond donors (Lipinski definition) is 0. The molecule has 2 aromatic rings. The maximum atomic E-state index is 12.7. The van der Waals surface area contributed by atoms with E-state index in [2.05, 4.69) is 0 Å². The monoisotopic (exact) mass is 490 g/mol. The minimum Gasteiger partial charge on any atom is -0.490 e. The first kappa shape index (κ1) is 24.6. The molecule has 1 aliphatic heterocycles. The molecule has 1 saturated heterocycles. The molecule has 0 aromatic heterocycles. The molecule has 8 nitrogen and oxygen atoms in total. The van der Waals surface area contributed by atoms with Gasteiger partial charge in [0.15, 0.2) is 11.5 Å². The number of non-ortho nitro benzene ring substituents is 1. The molecule has 0 N–H and O–H groups in total. The summed E-state index contributed by atoms with van der Waals surface area (Å²) in [7, 11) is 0. The number of carbonyl (C=O) groups is 2. The highest BCUT2D eigenvalue weighted by Gasteiger charge is 2.37. The maximum absolute atomic E-state index is 12.7. The Morgan fingerprint density at radius 1 is 1.18 bits per heavy atom. The van der Waals surface area contributed by atoms with Crippen LogP contribution in [0, 0.1) is 10.1 Å². The quantitative estimate of drug-likeness (QED) is 0.239. The third kappa shape index (κ3) is 5.66. The number of rotatable bonds is 9. The third-order valence-corrected chi connectivity index (χ3v) is 6.18. The number of nitrogens with zero attached hydrogens (tertiary/aromatic N) is 2. The van der Waals surface area contributed by atoms with Crippen LogP contribution in [-0.4, -0.2) is 33.6 Å². The molecule has 10 heteroatoms. The van der Waals surface area contributed by atoms with E-state index in [9.17, 15) is 19.7 Å². The van der Waals surface area contributed by atoms with Gasteiger partial charge in [0.25, 0.3) is 16.8 Å². The van der Waals surface area contributed by atoms with Crippen LogP contribution in [0.1, 0.15) is 38.3 Å². The summed E-state index contributed by atoms with van der Waals surface area (Å²) in [5.74, 6) is 0.382. The van der Waals surface area contributed by atoms with E-state index in [1.165, 1.54) is 17.0 Å². The van der Waals surface area contributed by atoms with Crippen LogP contribution in [0.2, 0.25) is 5.02 Å². The highest BCUT2D eigenvalue weighted by Crippen LogP contribution is 2.40. The van der Waals surface area contributed by atoms with E-state index in [0.717, 1.165) is 17.3 Å². The van der Waals surface area contributed by atoms with Gasteiger partial charge in [0, 0.05) is 18.2 Å². The summed E-state index contributed by atoms with van der Waals surface area (Å²) in [6.45, 7) is 6.06. The largest absolute Gasteiger partial charge is 0.490 e.